The second-order valence-corrected chi connectivity index (χ2v) is 9.21. The molecular weight excluding hydrogens is 398 g/mol. The Morgan fingerprint density at radius 3 is 2.73 bits per heavy atom. The normalized spacial score (nSPS) is 16.4. The number of amides is 1. The molecule has 6 nitrogen and oxygen atoms in total. The van der Waals surface area contributed by atoms with Gasteiger partial charge in [0.2, 0.25) is 0 Å². The number of benzene rings is 1. The first-order valence-corrected chi connectivity index (χ1v) is 11.3. The molecule has 0 N–H and O–H groups in total. The summed E-state index contributed by atoms with van der Waals surface area (Å²) in [5.74, 6) is 0.0843. The van der Waals surface area contributed by atoms with Crippen molar-refractivity contribution in [2.45, 2.75) is 45.9 Å². The van der Waals surface area contributed by atoms with E-state index in [0.29, 0.717) is 36.1 Å². The summed E-state index contributed by atoms with van der Waals surface area (Å²) in [4.78, 5) is 29.6. The van der Waals surface area contributed by atoms with Gasteiger partial charge >= 0.3 is 0 Å². The number of hydrogen-bond donors (Lipinski definition) is 0. The van der Waals surface area contributed by atoms with Crippen molar-refractivity contribution in [1.29, 1.82) is 0 Å². The molecule has 0 radical (unpaired) electrons. The first-order chi connectivity index (χ1) is 14.5. The smallest absolute Gasteiger partial charge is 0.275 e. The van der Waals surface area contributed by atoms with Crippen molar-refractivity contribution in [3.05, 3.63) is 62.7 Å². The molecule has 3 aromatic rings. The first kappa shape index (κ1) is 20.8. The monoisotopic (exact) mass is 425 g/mol. The van der Waals surface area contributed by atoms with E-state index in [1.165, 1.54) is 4.68 Å². The fraction of sp³-hybridized carbons (Fsp3) is 0.435. The molecule has 0 bridgehead atoms. The standard InChI is InChI=1S/C23H27N3O3S/c1-16(2)13-26-22(27)20-10-4-3-9-19(20)21(24-26)23(28)25(14-17-7-5-11-29-17)15-18-8-6-12-30-18/h3-4,6,8-10,12,16-17H,5,7,11,13-15H2,1-2H3. The van der Waals surface area contributed by atoms with E-state index in [4.69, 9.17) is 4.74 Å². The van der Waals surface area contributed by atoms with E-state index < -0.39 is 0 Å². The molecule has 1 aliphatic rings. The van der Waals surface area contributed by atoms with E-state index in [1.807, 2.05) is 54.5 Å². The molecule has 1 aliphatic heterocycles. The van der Waals surface area contributed by atoms with E-state index in [0.717, 1.165) is 24.3 Å². The molecule has 3 heterocycles. The van der Waals surface area contributed by atoms with Gasteiger partial charge in [0.15, 0.2) is 5.69 Å². The topological polar surface area (TPSA) is 64.4 Å². The summed E-state index contributed by atoms with van der Waals surface area (Å²) in [7, 11) is 0. The Balaban J connectivity index is 1.75. The number of nitrogens with zero attached hydrogens (tertiary/aromatic N) is 3. The Hall–Kier alpha value is -2.51. The van der Waals surface area contributed by atoms with Gasteiger partial charge in [-0.2, -0.15) is 5.10 Å². The Kier molecular flexibility index (Phi) is 6.29. The quantitative estimate of drug-likeness (QED) is 0.575. The predicted molar refractivity (Wildman–Crippen MR) is 119 cm³/mol. The van der Waals surface area contributed by atoms with Gasteiger partial charge in [-0.05, 0) is 36.3 Å². The summed E-state index contributed by atoms with van der Waals surface area (Å²) in [5, 5.41) is 7.69. The van der Waals surface area contributed by atoms with Crippen molar-refractivity contribution in [3.8, 4) is 0 Å². The largest absolute Gasteiger partial charge is 0.376 e. The van der Waals surface area contributed by atoms with Crippen LogP contribution in [0.3, 0.4) is 0 Å². The van der Waals surface area contributed by atoms with Crippen LogP contribution in [0, 0.1) is 5.92 Å². The van der Waals surface area contributed by atoms with Crippen LogP contribution >= 0.6 is 11.3 Å². The van der Waals surface area contributed by atoms with Crippen molar-refractivity contribution in [2.24, 2.45) is 5.92 Å². The van der Waals surface area contributed by atoms with E-state index in [2.05, 4.69) is 5.10 Å². The molecule has 0 saturated carbocycles. The van der Waals surface area contributed by atoms with Gasteiger partial charge in [0.1, 0.15) is 0 Å². The summed E-state index contributed by atoms with van der Waals surface area (Å²) >= 11 is 1.63. The third-order valence-electron chi connectivity index (χ3n) is 5.27. The molecule has 1 unspecified atom stereocenters. The van der Waals surface area contributed by atoms with Gasteiger partial charge in [0.05, 0.1) is 18.0 Å². The van der Waals surface area contributed by atoms with Crippen LogP contribution in [0.5, 0.6) is 0 Å². The minimum atomic E-state index is -0.160. The van der Waals surface area contributed by atoms with E-state index in [-0.39, 0.29) is 23.5 Å². The average Bonchev–Trinajstić information content (AvgIpc) is 3.43. The molecular formula is C23H27N3O3S. The lowest BCUT2D eigenvalue weighted by Crippen LogP contribution is -2.38. The van der Waals surface area contributed by atoms with Gasteiger partial charge in [-0.25, -0.2) is 4.68 Å². The predicted octanol–water partition coefficient (Wildman–Crippen LogP) is 3.94. The zero-order valence-electron chi connectivity index (χ0n) is 17.4. The van der Waals surface area contributed by atoms with Gasteiger partial charge in [0, 0.05) is 30.0 Å². The fourth-order valence-electron chi connectivity index (χ4n) is 3.86. The Labute approximate surface area is 180 Å². The number of hydrogen-bond acceptors (Lipinski definition) is 5. The van der Waals surface area contributed by atoms with Gasteiger partial charge in [-0.1, -0.05) is 38.1 Å². The van der Waals surface area contributed by atoms with E-state index >= 15 is 0 Å². The molecule has 30 heavy (non-hydrogen) atoms. The van der Waals surface area contributed by atoms with Gasteiger partial charge in [0.25, 0.3) is 11.5 Å². The molecule has 0 aliphatic carbocycles. The maximum Gasteiger partial charge on any atom is 0.275 e. The van der Waals surface area contributed by atoms with E-state index in [1.54, 1.807) is 17.4 Å². The third kappa shape index (κ3) is 4.47. The van der Waals surface area contributed by atoms with Gasteiger partial charge < -0.3 is 9.64 Å². The minimum Gasteiger partial charge on any atom is -0.376 e. The van der Waals surface area contributed by atoms with Crippen LogP contribution in [-0.2, 0) is 17.8 Å². The maximum atomic E-state index is 13.7. The van der Waals surface area contributed by atoms with Crippen LogP contribution < -0.4 is 5.56 Å². The highest BCUT2D eigenvalue weighted by molar-refractivity contribution is 7.09. The van der Waals surface area contributed by atoms with Crippen LogP contribution in [0.2, 0.25) is 0 Å². The van der Waals surface area contributed by atoms with E-state index in [9.17, 15) is 9.59 Å². The van der Waals surface area contributed by atoms with Crippen LogP contribution in [0.25, 0.3) is 10.8 Å². The number of thiophene rings is 1. The molecule has 7 heteroatoms. The zero-order valence-corrected chi connectivity index (χ0v) is 18.2. The highest BCUT2D eigenvalue weighted by Crippen LogP contribution is 2.21. The first-order valence-electron chi connectivity index (χ1n) is 10.5. The Morgan fingerprint density at radius 1 is 1.27 bits per heavy atom. The highest BCUT2D eigenvalue weighted by Gasteiger charge is 2.27. The number of rotatable bonds is 7. The lowest BCUT2D eigenvalue weighted by molar-refractivity contribution is 0.0505. The molecule has 4 rings (SSSR count). The number of fused-ring (bicyclic) bond motifs is 1. The van der Waals surface area contributed by atoms with Crippen molar-refractivity contribution in [3.63, 3.8) is 0 Å². The molecule has 158 valence electrons. The number of aromatic nitrogens is 2. The van der Waals surface area contributed by atoms with Crippen LogP contribution in [0.1, 0.15) is 42.1 Å². The van der Waals surface area contributed by atoms with Crippen molar-refractivity contribution < 1.29 is 9.53 Å². The summed E-state index contributed by atoms with van der Waals surface area (Å²) in [6, 6.07) is 11.3. The summed E-state index contributed by atoms with van der Waals surface area (Å²) in [6.45, 7) is 6.31. The molecule has 1 fully saturated rings. The molecule has 1 aromatic carbocycles. The summed E-state index contributed by atoms with van der Waals surface area (Å²) in [5.41, 5.74) is 0.181. The van der Waals surface area contributed by atoms with Crippen LogP contribution in [0.15, 0.2) is 46.6 Å². The maximum absolute atomic E-state index is 13.7. The molecule has 0 spiro atoms. The van der Waals surface area contributed by atoms with Crippen LogP contribution in [0.4, 0.5) is 0 Å². The minimum absolute atomic E-state index is 0.0433. The second kappa shape index (κ2) is 9.10. The van der Waals surface area contributed by atoms with Crippen molar-refractivity contribution >= 4 is 28.0 Å². The summed E-state index contributed by atoms with van der Waals surface area (Å²) < 4.78 is 7.25. The summed E-state index contributed by atoms with van der Waals surface area (Å²) in [6.07, 6.45) is 2.02. The number of carbonyl (C=O) groups is 1. The molecule has 1 saturated heterocycles. The highest BCUT2D eigenvalue weighted by atomic mass is 32.1. The second-order valence-electron chi connectivity index (χ2n) is 8.18. The number of ether oxygens (including phenoxy) is 1. The molecule has 1 atom stereocenters. The molecule has 2 aromatic heterocycles. The average molecular weight is 426 g/mol. The SMILES string of the molecule is CC(C)Cn1nc(C(=O)N(Cc2cccs2)CC2CCCO2)c2ccccc2c1=O. The lowest BCUT2D eigenvalue weighted by Gasteiger charge is -2.25. The van der Waals surface area contributed by atoms with Gasteiger partial charge in [-0.3, -0.25) is 9.59 Å². The van der Waals surface area contributed by atoms with Crippen LogP contribution in [-0.4, -0.2) is 39.8 Å². The number of carbonyl (C=O) groups excluding carboxylic acids is 1. The Morgan fingerprint density at radius 2 is 2.07 bits per heavy atom. The fourth-order valence-corrected chi connectivity index (χ4v) is 4.58. The van der Waals surface area contributed by atoms with Crippen molar-refractivity contribution in [2.75, 3.05) is 13.2 Å². The lowest BCUT2D eigenvalue weighted by atomic mass is 10.1. The van der Waals surface area contributed by atoms with Gasteiger partial charge in [-0.15, -0.1) is 11.3 Å². The zero-order chi connectivity index (χ0) is 21.1. The Bertz CT molecular complexity index is 1070. The third-order valence-corrected chi connectivity index (χ3v) is 6.13. The molecule has 1 amide bonds. The van der Waals surface area contributed by atoms with Crippen molar-refractivity contribution in [1.82, 2.24) is 14.7 Å².